The van der Waals surface area contributed by atoms with Gasteiger partial charge in [0.1, 0.15) is 0 Å². The zero-order chi connectivity index (χ0) is 11.2. The van der Waals surface area contributed by atoms with E-state index in [1.807, 2.05) is 12.1 Å². The van der Waals surface area contributed by atoms with E-state index in [1.165, 1.54) is 10.4 Å². The molecule has 2 heteroatoms. The van der Waals surface area contributed by atoms with Gasteiger partial charge in [0, 0.05) is 4.88 Å². The van der Waals surface area contributed by atoms with E-state index >= 15 is 0 Å². The smallest absolute Gasteiger partial charge is 0.0813 e. The first-order valence-corrected chi connectivity index (χ1v) is 6.08. The standard InChI is InChI=1S/C14H14OS/c1-2-12-5-7-13(8-6-12)10-15-11-14-4-3-9-16-14/h2-9H,1,10-11H2. The first-order chi connectivity index (χ1) is 7.88. The summed E-state index contributed by atoms with van der Waals surface area (Å²) in [6.07, 6.45) is 1.84. The highest BCUT2D eigenvalue weighted by Crippen LogP contribution is 2.12. The summed E-state index contributed by atoms with van der Waals surface area (Å²) < 4.78 is 5.62. The average Bonchev–Trinajstić information content (AvgIpc) is 2.83. The van der Waals surface area contributed by atoms with E-state index in [9.17, 15) is 0 Å². The average molecular weight is 230 g/mol. The van der Waals surface area contributed by atoms with Crippen LogP contribution >= 0.6 is 11.3 Å². The van der Waals surface area contributed by atoms with Crippen molar-refractivity contribution in [3.05, 3.63) is 64.4 Å². The maximum absolute atomic E-state index is 5.62. The summed E-state index contributed by atoms with van der Waals surface area (Å²) in [4.78, 5) is 1.27. The summed E-state index contributed by atoms with van der Waals surface area (Å²) in [7, 11) is 0. The van der Waals surface area contributed by atoms with Gasteiger partial charge in [-0.25, -0.2) is 0 Å². The van der Waals surface area contributed by atoms with Crippen molar-refractivity contribution in [2.45, 2.75) is 13.2 Å². The molecule has 1 nitrogen and oxygen atoms in total. The van der Waals surface area contributed by atoms with E-state index < -0.39 is 0 Å². The largest absolute Gasteiger partial charge is 0.371 e. The lowest BCUT2D eigenvalue weighted by molar-refractivity contribution is 0.109. The van der Waals surface area contributed by atoms with Gasteiger partial charge in [0.15, 0.2) is 0 Å². The summed E-state index contributed by atoms with van der Waals surface area (Å²) in [5.41, 5.74) is 2.34. The number of hydrogen-bond donors (Lipinski definition) is 0. The van der Waals surface area contributed by atoms with E-state index in [1.54, 1.807) is 11.3 Å². The van der Waals surface area contributed by atoms with E-state index in [2.05, 4.69) is 42.3 Å². The lowest BCUT2D eigenvalue weighted by Gasteiger charge is -2.03. The Morgan fingerprint density at radius 2 is 1.94 bits per heavy atom. The molecule has 0 radical (unpaired) electrons. The monoisotopic (exact) mass is 230 g/mol. The fourth-order valence-electron chi connectivity index (χ4n) is 1.41. The summed E-state index contributed by atoms with van der Waals surface area (Å²) in [5, 5.41) is 2.07. The molecule has 1 heterocycles. The minimum absolute atomic E-state index is 0.662. The van der Waals surface area contributed by atoms with Gasteiger partial charge in [-0.1, -0.05) is 43.0 Å². The summed E-state index contributed by atoms with van der Waals surface area (Å²) in [5.74, 6) is 0. The van der Waals surface area contributed by atoms with Crippen LogP contribution in [0.5, 0.6) is 0 Å². The number of ether oxygens (including phenoxy) is 1. The molecule has 1 aromatic heterocycles. The van der Waals surface area contributed by atoms with Crippen molar-refractivity contribution < 1.29 is 4.74 Å². The minimum Gasteiger partial charge on any atom is -0.371 e. The van der Waals surface area contributed by atoms with Gasteiger partial charge in [0.2, 0.25) is 0 Å². The van der Waals surface area contributed by atoms with Crippen LogP contribution in [0.15, 0.2) is 48.4 Å². The quantitative estimate of drug-likeness (QED) is 0.751. The second-order valence-corrected chi connectivity index (χ2v) is 4.55. The molecule has 0 bridgehead atoms. The predicted molar refractivity (Wildman–Crippen MR) is 69.3 cm³/mol. The van der Waals surface area contributed by atoms with Gasteiger partial charge < -0.3 is 4.74 Å². The molecule has 0 aliphatic carbocycles. The van der Waals surface area contributed by atoms with Crippen LogP contribution in [0.2, 0.25) is 0 Å². The Kier molecular flexibility index (Phi) is 3.91. The van der Waals surface area contributed by atoms with Crippen molar-refractivity contribution in [1.29, 1.82) is 0 Å². The molecule has 0 aliphatic rings. The minimum atomic E-state index is 0.662. The lowest BCUT2D eigenvalue weighted by Crippen LogP contribution is -1.92. The predicted octanol–water partition coefficient (Wildman–Crippen LogP) is 4.11. The van der Waals surface area contributed by atoms with Gasteiger partial charge in [-0.15, -0.1) is 11.3 Å². The molecule has 1 aromatic carbocycles. The van der Waals surface area contributed by atoms with Crippen LogP contribution in [0, 0.1) is 0 Å². The molecule has 0 saturated heterocycles. The number of rotatable bonds is 5. The molecule has 82 valence electrons. The van der Waals surface area contributed by atoms with Crippen molar-refractivity contribution >= 4 is 17.4 Å². The normalized spacial score (nSPS) is 10.2. The molecular formula is C14H14OS. The first kappa shape index (κ1) is 11.1. The molecule has 2 aromatic rings. The van der Waals surface area contributed by atoms with Crippen LogP contribution in [0.4, 0.5) is 0 Å². The topological polar surface area (TPSA) is 9.23 Å². The number of thiophene rings is 1. The third kappa shape index (κ3) is 3.05. The first-order valence-electron chi connectivity index (χ1n) is 5.20. The Bertz CT molecular complexity index is 428. The molecule has 0 unspecified atom stereocenters. The Balaban J connectivity index is 1.83. The SMILES string of the molecule is C=Cc1ccc(COCc2cccs2)cc1. The van der Waals surface area contributed by atoms with Crippen LogP contribution < -0.4 is 0 Å². The van der Waals surface area contributed by atoms with E-state index in [0.717, 1.165) is 5.56 Å². The highest BCUT2D eigenvalue weighted by molar-refractivity contribution is 7.09. The molecule has 0 spiro atoms. The molecule has 2 rings (SSSR count). The van der Waals surface area contributed by atoms with Gasteiger partial charge in [0.05, 0.1) is 13.2 Å². The molecule has 0 amide bonds. The number of benzene rings is 1. The van der Waals surface area contributed by atoms with Crippen molar-refractivity contribution in [3.8, 4) is 0 Å². The third-order valence-electron chi connectivity index (χ3n) is 2.31. The van der Waals surface area contributed by atoms with Gasteiger partial charge in [-0.3, -0.25) is 0 Å². The van der Waals surface area contributed by atoms with Gasteiger partial charge in [-0.2, -0.15) is 0 Å². The van der Waals surface area contributed by atoms with Crippen molar-refractivity contribution in [2.75, 3.05) is 0 Å². The Labute approximate surface area is 100 Å². The van der Waals surface area contributed by atoms with Gasteiger partial charge >= 0.3 is 0 Å². The van der Waals surface area contributed by atoms with Crippen molar-refractivity contribution in [3.63, 3.8) is 0 Å². The Morgan fingerprint density at radius 3 is 2.56 bits per heavy atom. The van der Waals surface area contributed by atoms with Crippen LogP contribution in [-0.2, 0) is 18.0 Å². The fourth-order valence-corrected chi connectivity index (χ4v) is 2.05. The van der Waals surface area contributed by atoms with Crippen LogP contribution in [0.1, 0.15) is 16.0 Å². The van der Waals surface area contributed by atoms with Crippen LogP contribution in [0.3, 0.4) is 0 Å². The molecule has 0 fully saturated rings. The van der Waals surface area contributed by atoms with Crippen LogP contribution in [0.25, 0.3) is 6.08 Å². The summed E-state index contributed by atoms with van der Waals surface area (Å²) in [6.45, 7) is 5.08. The number of hydrogen-bond acceptors (Lipinski definition) is 2. The molecule has 16 heavy (non-hydrogen) atoms. The van der Waals surface area contributed by atoms with Crippen LogP contribution in [-0.4, -0.2) is 0 Å². The van der Waals surface area contributed by atoms with Gasteiger partial charge in [-0.05, 0) is 22.6 Å². The second kappa shape index (κ2) is 5.64. The highest BCUT2D eigenvalue weighted by Gasteiger charge is 1.95. The molecular weight excluding hydrogens is 216 g/mol. The molecule has 0 saturated carbocycles. The van der Waals surface area contributed by atoms with Crippen molar-refractivity contribution in [2.24, 2.45) is 0 Å². The van der Waals surface area contributed by atoms with E-state index in [4.69, 9.17) is 4.74 Å². The third-order valence-corrected chi connectivity index (χ3v) is 3.16. The second-order valence-electron chi connectivity index (χ2n) is 3.52. The summed E-state index contributed by atoms with van der Waals surface area (Å²) in [6, 6.07) is 12.4. The highest BCUT2D eigenvalue weighted by atomic mass is 32.1. The Morgan fingerprint density at radius 1 is 1.12 bits per heavy atom. The lowest BCUT2D eigenvalue weighted by atomic mass is 10.1. The van der Waals surface area contributed by atoms with E-state index in [-0.39, 0.29) is 0 Å². The van der Waals surface area contributed by atoms with Crippen molar-refractivity contribution in [1.82, 2.24) is 0 Å². The molecule has 0 aliphatic heterocycles. The van der Waals surface area contributed by atoms with Gasteiger partial charge in [0.25, 0.3) is 0 Å². The fraction of sp³-hybridized carbons (Fsp3) is 0.143. The van der Waals surface area contributed by atoms with E-state index in [0.29, 0.717) is 13.2 Å². The summed E-state index contributed by atoms with van der Waals surface area (Å²) >= 11 is 1.73. The molecule has 0 atom stereocenters. The maximum atomic E-state index is 5.62. The zero-order valence-corrected chi connectivity index (χ0v) is 9.87. The zero-order valence-electron chi connectivity index (χ0n) is 9.06. The Hall–Kier alpha value is -1.38. The molecule has 0 N–H and O–H groups in total. The maximum Gasteiger partial charge on any atom is 0.0813 e.